The predicted octanol–water partition coefficient (Wildman–Crippen LogP) is 2.25. The number of pyridine rings is 1. The Labute approximate surface area is 165 Å². The van der Waals surface area contributed by atoms with Crippen molar-refractivity contribution in [1.82, 2.24) is 19.2 Å². The van der Waals surface area contributed by atoms with Crippen molar-refractivity contribution in [2.24, 2.45) is 0 Å². The number of halogens is 2. The fraction of sp³-hybridized carbons (Fsp3) is 0.250. The van der Waals surface area contributed by atoms with Gasteiger partial charge in [-0.3, -0.25) is 14.0 Å². The lowest BCUT2D eigenvalue weighted by atomic mass is 10.2. The van der Waals surface area contributed by atoms with Crippen molar-refractivity contribution in [2.45, 2.75) is 0 Å². The van der Waals surface area contributed by atoms with Crippen molar-refractivity contribution < 1.29 is 18.4 Å². The van der Waals surface area contributed by atoms with Gasteiger partial charge < -0.3 is 15.1 Å². The maximum atomic E-state index is 13.9. The number of carbonyl (C=O) groups is 2. The van der Waals surface area contributed by atoms with Gasteiger partial charge in [-0.15, -0.1) is 0 Å². The summed E-state index contributed by atoms with van der Waals surface area (Å²) in [6.07, 6.45) is 1.65. The lowest BCUT2D eigenvalue weighted by Crippen LogP contribution is -2.47. The number of hydrogen-bond donors (Lipinski definition) is 1. The van der Waals surface area contributed by atoms with Gasteiger partial charge in [0, 0.05) is 38.4 Å². The molecule has 1 aliphatic heterocycles. The number of anilines is 1. The molecular formula is C20H19F2N5O2. The van der Waals surface area contributed by atoms with Gasteiger partial charge in [0.25, 0.3) is 11.8 Å². The smallest absolute Gasteiger partial charge is 0.290 e. The first kappa shape index (κ1) is 19.0. The molecule has 1 fully saturated rings. The number of benzene rings is 1. The summed E-state index contributed by atoms with van der Waals surface area (Å²) < 4.78 is 28.6. The van der Waals surface area contributed by atoms with Crippen LogP contribution in [0.2, 0.25) is 0 Å². The minimum absolute atomic E-state index is 0.00759. The highest BCUT2D eigenvalue weighted by atomic mass is 19.1. The van der Waals surface area contributed by atoms with Crippen molar-refractivity contribution >= 4 is 23.0 Å². The number of carbonyl (C=O) groups excluding carboxylic acids is 2. The fourth-order valence-electron chi connectivity index (χ4n) is 3.28. The van der Waals surface area contributed by atoms with E-state index in [0.717, 1.165) is 25.2 Å². The molecule has 150 valence electrons. The van der Waals surface area contributed by atoms with Crippen LogP contribution in [0, 0.1) is 11.6 Å². The van der Waals surface area contributed by atoms with Gasteiger partial charge in [0.15, 0.2) is 5.69 Å². The molecule has 1 aromatic carbocycles. The number of piperazine rings is 1. The van der Waals surface area contributed by atoms with Crippen LogP contribution < -0.4 is 5.32 Å². The maximum absolute atomic E-state index is 13.9. The van der Waals surface area contributed by atoms with Crippen LogP contribution in [0.25, 0.3) is 5.52 Å². The van der Waals surface area contributed by atoms with E-state index in [9.17, 15) is 18.4 Å². The van der Waals surface area contributed by atoms with Gasteiger partial charge >= 0.3 is 0 Å². The lowest BCUT2D eigenvalue weighted by molar-refractivity contribution is 0.0651. The highest BCUT2D eigenvalue weighted by Crippen LogP contribution is 2.20. The Hall–Kier alpha value is -3.33. The number of nitrogens with one attached hydrogen (secondary N) is 1. The van der Waals surface area contributed by atoms with Crippen LogP contribution in [0.5, 0.6) is 0 Å². The van der Waals surface area contributed by atoms with Gasteiger partial charge in [0.1, 0.15) is 11.6 Å². The van der Waals surface area contributed by atoms with E-state index in [1.165, 1.54) is 0 Å². The zero-order valence-electron chi connectivity index (χ0n) is 15.7. The molecule has 0 spiro atoms. The molecule has 1 aliphatic rings. The Morgan fingerprint density at radius 3 is 2.55 bits per heavy atom. The van der Waals surface area contributed by atoms with E-state index in [1.807, 2.05) is 7.05 Å². The van der Waals surface area contributed by atoms with Crippen LogP contribution in [-0.4, -0.2) is 64.2 Å². The molecule has 9 heteroatoms. The first-order chi connectivity index (χ1) is 13.9. The van der Waals surface area contributed by atoms with Crippen molar-refractivity contribution in [3.8, 4) is 0 Å². The fourth-order valence-corrected chi connectivity index (χ4v) is 3.28. The van der Waals surface area contributed by atoms with Gasteiger partial charge in [-0.1, -0.05) is 6.07 Å². The maximum Gasteiger partial charge on any atom is 0.290 e. The van der Waals surface area contributed by atoms with E-state index < -0.39 is 17.5 Å². The average Bonchev–Trinajstić information content (AvgIpc) is 3.10. The van der Waals surface area contributed by atoms with E-state index >= 15 is 0 Å². The molecule has 29 heavy (non-hydrogen) atoms. The third-order valence-corrected chi connectivity index (χ3v) is 4.92. The molecule has 7 nitrogen and oxygen atoms in total. The summed E-state index contributed by atoms with van der Waals surface area (Å²) in [6, 6.07) is 7.98. The number of imidazole rings is 1. The highest BCUT2D eigenvalue weighted by molar-refractivity contribution is 6.09. The molecule has 0 atom stereocenters. The van der Waals surface area contributed by atoms with E-state index in [4.69, 9.17) is 0 Å². The molecule has 1 N–H and O–H groups in total. The second-order valence-electron chi connectivity index (χ2n) is 6.91. The standard InChI is InChI=1S/C20H19F2N5O2/c1-25-8-10-26(11-9-25)20(29)18-24-17(16-4-2-3-7-27(16)18)19(28)23-15-6-5-13(21)12-14(15)22/h2-7,12H,8-11H2,1H3,(H,23,28). The van der Waals surface area contributed by atoms with Gasteiger partial charge in [-0.05, 0) is 31.3 Å². The largest absolute Gasteiger partial charge is 0.333 e. The van der Waals surface area contributed by atoms with E-state index in [2.05, 4.69) is 15.2 Å². The third kappa shape index (κ3) is 3.68. The monoisotopic (exact) mass is 399 g/mol. The van der Waals surface area contributed by atoms with Crippen molar-refractivity contribution in [2.75, 3.05) is 38.5 Å². The molecule has 0 radical (unpaired) electrons. The molecule has 0 saturated carbocycles. The Morgan fingerprint density at radius 1 is 1.07 bits per heavy atom. The van der Waals surface area contributed by atoms with Gasteiger partial charge in [-0.25, -0.2) is 13.8 Å². The second-order valence-corrected chi connectivity index (χ2v) is 6.91. The quantitative estimate of drug-likeness (QED) is 0.734. The van der Waals surface area contributed by atoms with Crippen LogP contribution in [0.1, 0.15) is 21.1 Å². The number of fused-ring (bicyclic) bond motifs is 1. The molecular weight excluding hydrogens is 380 g/mol. The molecule has 2 amide bonds. The van der Waals surface area contributed by atoms with Crippen LogP contribution in [0.3, 0.4) is 0 Å². The number of rotatable bonds is 3. The van der Waals surface area contributed by atoms with Gasteiger partial charge in [0.05, 0.1) is 11.2 Å². The lowest BCUT2D eigenvalue weighted by Gasteiger charge is -2.31. The Balaban J connectivity index is 1.67. The average molecular weight is 399 g/mol. The Kier molecular flexibility index (Phi) is 4.98. The van der Waals surface area contributed by atoms with E-state index in [0.29, 0.717) is 24.7 Å². The topological polar surface area (TPSA) is 69.9 Å². The zero-order valence-corrected chi connectivity index (χ0v) is 15.7. The summed E-state index contributed by atoms with van der Waals surface area (Å²) >= 11 is 0. The number of aromatic nitrogens is 2. The zero-order chi connectivity index (χ0) is 20.5. The Morgan fingerprint density at radius 2 is 1.83 bits per heavy atom. The number of hydrogen-bond acceptors (Lipinski definition) is 4. The van der Waals surface area contributed by atoms with Crippen LogP contribution in [-0.2, 0) is 0 Å². The van der Waals surface area contributed by atoms with E-state index in [-0.39, 0.29) is 23.1 Å². The molecule has 1 saturated heterocycles. The van der Waals surface area contributed by atoms with Crippen molar-refractivity contribution in [3.05, 3.63) is 65.7 Å². The number of amides is 2. The first-order valence-corrected chi connectivity index (χ1v) is 9.15. The molecule has 4 rings (SSSR count). The summed E-state index contributed by atoms with van der Waals surface area (Å²) in [4.78, 5) is 33.8. The minimum atomic E-state index is -0.893. The second kappa shape index (κ2) is 7.59. The van der Waals surface area contributed by atoms with E-state index in [1.54, 1.807) is 33.7 Å². The number of likely N-dealkylation sites (N-methyl/N-ethyl adjacent to an activating group) is 1. The van der Waals surface area contributed by atoms with Gasteiger partial charge in [-0.2, -0.15) is 0 Å². The van der Waals surface area contributed by atoms with Crippen molar-refractivity contribution in [1.29, 1.82) is 0 Å². The predicted molar refractivity (Wildman–Crippen MR) is 103 cm³/mol. The third-order valence-electron chi connectivity index (χ3n) is 4.92. The normalized spacial score (nSPS) is 14.9. The molecule has 3 heterocycles. The number of nitrogens with zero attached hydrogens (tertiary/aromatic N) is 4. The summed E-state index contributed by atoms with van der Waals surface area (Å²) in [6.45, 7) is 2.65. The molecule has 0 bridgehead atoms. The molecule has 0 aliphatic carbocycles. The minimum Gasteiger partial charge on any atom is -0.333 e. The first-order valence-electron chi connectivity index (χ1n) is 9.15. The van der Waals surface area contributed by atoms with Crippen LogP contribution >= 0.6 is 0 Å². The van der Waals surface area contributed by atoms with Crippen LogP contribution in [0.4, 0.5) is 14.5 Å². The van der Waals surface area contributed by atoms with Crippen LogP contribution in [0.15, 0.2) is 42.6 Å². The molecule has 3 aromatic rings. The summed E-state index contributed by atoms with van der Waals surface area (Å²) in [5.41, 5.74) is 0.247. The molecule has 2 aromatic heterocycles. The highest BCUT2D eigenvalue weighted by Gasteiger charge is 2.27. The molecule has 0 unspecified atom stereocenters. The SMILES string of the molecule is CN1CCN(C(=O)c2nc(C(=O)Nc3ccc(F)cc3F)c3ccccn23)CC1. The van der Waals surface area contributed by atoms with Gasteiger partial charge in [0.2, 0.25) is 5.82 Å². The van der Waals surface area contributed by atoms with Crippen molar-refractivity contribution in [3.63, 3.8) is 0 Å². The summed E-state index contributed by atoms with van der Waals surface area (Å²) in [5.74, 6) is -2.47. The summed E-state index contributed by atoms with van der Waals surface area (Å²) in [5, 5.41) is 2.40. The summed E-state index contributed by atoms with van der Waals surface area (Å²) in [7, 11) is 1.99. The Bertz CT molecular complexity index is 1090.